The van der Waals surface area contributed by atoms with Gasteiger partial charge in [-0.15, -0.1) is 11.8 Å². The van der Waals surface area contributed by atoms with Gasteiger partial charge < -0.3 is 10.1 Å². The second-order valence-electron chi connectivity index (χ2n) is 5.53. The quantitative estimate of drug-likeness (QED) is 0.651. The van der Waals surface area contributed by atoms with Crippen LogP contribution in [-0.4, -0.2) is 25.3 Å². The predicted octanol–water partition coefficient (Wildman–Crippen LogP) is 4.47. The summed E-state index contributed by atoms with van der Waals surface area (Å²) in [5.41, 5.74) is 1.74. The normalized spacial score (nSPS) is 10.5. The Hall–Kier alpha value is -1.72. The summed E-state index contributed by atoms with van der Waals surface area (Å²) in [6, 6.07) is 12.5. The zero-order chi connectivity index (χ0) is 18.1. The predicted molar refractivity (Wildman–Crippen MR) is 102 cm³/mol. The van der Waals surface area contributed by atoms with E-state index >= 15 is 0 Å². The summed E-state index contributed by atoms with van der Waals surface area (Å²) in [5, 5.41) is 3.26. The maximum Gasteiger partial charge on any atom is 0.230 e. The largest absolute Gasteiger partial charge is 0.497 e. The molecule has 2 rings (SSSR count). The maximum atomic E-state index is 13.6. The van der Waals surface area contributed by atoms with Crippen LogP contribution in [0, 0.1) is 5.82 Å². The van der Waals surface area contributed by atoms with Gasteiger partial charge in [0.25, 0.3) is 0 Å². The number of amides is 1. The van der Waals surface area contributed by atoms with Crippen LogP contribution < -0.4 is 10.1 Å². The fourth-order valence-corrected chi connectivity index (χ4v) is 3.29. The number of rotatable bonds is 9. The Morgan fingerprint density at radius 1 is 1.28 bits per heavy atom. The highest BCUT2D eigenvalue weighted by atomic mass is 35.5. The first-order chi connectivity index (χ1) is 12.1. The van der Waals surface area contributed by atoms with E-state index in [-0.39, 0.29) is 11.7 Å². The van der Waals surface area contributed by atoms with Gasteiger partial charge in [-0.3, -0.25) is 4.79 Å². The van der Waals surface area contributed by atoms with E-state index < -0.39 is 0 Å². The second-order valence-corrected chi connectivity index (χ2v) is 6.96. The third kappa shape index (κ3) is 6.96. The number of carbonyl (C=O) groups excluding carboxylic acids is 1. The molecule has 0 aliphatic rings. The summed E-state index contributed by atoms with van der Waals surface area (Å²) in [7, 11) is 1.65. The zero-order valence-electron chi connectivity index (χ0n) is 14.1. The molecule has 0 bridgehead atoms. The second kappa shape index (κ2) is 10.3. The first-order valence-corrected chi connectivity index (χ1v) is 9.53. The molecule has 134 valence electrons. The minimum atomic E-state index is -0.335. The third-order valence-corrected chi connectivity index (χ3v) is 4.82. The van der Waals surface area contributed by atoms with Gasteiger partial charge >= 0.3 is 0 Å². The van der Waals surface area contributed by atoms with Gasteiger partial charge in [0.15, 0.2) is 0 Å². The van der Waals surface area contributed by atoms with Gasteiger partial charge in [-0.1, -0.05) is 29.8 Å². The molecule has 6 heteroatoms. The van der Waals surface area contributed by atoms with Crippen molar-refractivity contribution < 1.29 is 13.9 Å². The van der Waals surface area contributed by atoms with E-state index in [0.29, 0.717) is 28.6 Å². The van der Waals surface area contributed by atoms with Crippen molar-refractivity contribution in [3.63, 3.8) is 0 Å². The van der Waals surface area contributed by atoms with E-state index in [1.807, 2.05) is 24.3 Å². The first-order valence-electron chi connectivity index (χ1n) is 8.00. The highest BCUT2D eigenvalue weighted by molar-refractivity contribution is 7.99. The van der Waals surface area contributed by atoms with Gasteiger partial charge in [0.1, 0.15) is 11.6 Å². The van der Waals surface area contributed by atoms with Crippen molar-refractivity contribution in [2.75, 3.05) is 19.4 Å². The van der Waals surface area contributed by atoms with Crippen molar-refractivity contribution >= 4 is 29.3 Å². The smallest absolute Gasteiger partial charge is 0.230 e. The first kappa shape index (κ1) is 19.6. The van der Waals surface area contributed by atoms with Crippen molar-refractivity contribution in [3.8, 4) is 5.75 Å². The minimum absolute atomic E-state index is 0.0370. The van der Waals surface area contributed by atoms with Crippen molar-refractivity contribution in [3.05, 3.63) is 64.4 Å². The van der Waals surface area contributed by atoms with Gasteiger partial charge in [0.2, 0.25) is 5.91 Å². The van der Waals surface area contributed by atoms with Crippen LogP contribution >= 0.6 is 23.4 Å². The molecule has 3 nitrogen and oxygen atoms in total. The fraction of sp³-hybridized carbons (Fsp3) is 0.316. The van der Waals surface area contributed by atoms with Crippen molar-refractivity contribution in [2.24, 2.45) is 0 Å². The molecule has 0 saturated heterocycles. The summed E-state index contributed by atoms with van der Waals surface area (Å²) in [6.07, 6.45) is 1.73. The molecule has 1 N–H and O–H groups in total. The lowest BCUT2D eigenvalue weighted by molar-refractivity contribution is -0.118. The Morgan fingerprint density at radius 2 is 2.12 bits per heavy atom. The van der Waals surface area contributed by atoms with E-state index in [1.165, 1.54) is 23.4 Å². The van der Waals surface area contributed by atoms with Crippen molar-refractivity contribution in [2.45, 2.75) is 18.6 Å². The molecular formula is C19H21ClFNO2S. The zero-order valence-corrected chi connectivity index (χ0v) is 15.6. The Morgan fingerprint density at radius 3 is 2.88 bits per heavy atom. The van der Waals surface area contributed by atoms with Crippen molar-refractivity contribution in [1.82, 2.24) is 5.32 Å². The van der Waals surface area contributed by atoms with Crippen LogP contribution in [-0.2, 0) is 17.0 Å². The highest BCUT2D eigenvalue weighted by Crippen LogP contribution is 2.19. The van der Waals surface area contributed by atoms with Gasteiger partial charge in [0.05, 0.1) is 12.9 Å². The van der Waals surface area contributed by atoms with Crippen LogP contribution in [0.1, 0.15) is 17.5 Å². The molecule has 0 atom stereocenters. The van der Waals surface area contributed by atoms with E-state index in [4.69, 9.17) is 16.3 Å². The average molecular weight is 382 g/mol. The van der Waals surface area contributed by atoms with E-state index in [2.05, 4.69) is 5.32 Å². The van der Waals surface area contributed by atoms with Crippen LogP contribution in [0.3, 0.4) is 0 Å². The van der Waals surface area contributed by atoms with E-state index in [9.17, 15) is 9.18 Å². The molecule has 0 fully saturated rings. The molecule has 0 aliphatic carbocycles. The van der Waals surface area contributed by atoms with Crippen LogP contribution in [0.15, 0.2) is 42.5 Å². The number of ether oxygens (including phenoxy) is 1. The van der Waals surface area contributed by atoms with Crippen LogP contribution in [0.5, 0.6) is 5.75 Å². The SMILES string of the molecule is COc1cccc(CCCNC(=O)CSCc2ccc(Cl)cc2F)c1. The molecular weight excluding hydrogens is 361 g/mol. The fourth-order valence-electron chi connectivity index (χ4n) is 2.29. The third-order valence-electron chi connectivity index (χ3n) is 3.60. The monoisotopic (exact) mass is 381 g/mol. The van der Waals surface area contributed by atoms with E-state index in [1.54, 1.807) is 19.2 Å². The van der Waals surface area contributed by atoms with E-state index in [0.717, 1.165) is 18.6 Å². The van der Waals surface area contributed by atoms with Gasteiger partial charge in [0, 0.05) is 17.3 Å². The minimum Gasteiger partial charge on any atom is -0.497 e. The summed E-state index contributed by atoms with van der Waals surface area (Å²) < 4.78 is 18.8. The Labute approximate surface area is 156 Å². The highest BCUT2D eigenvalue weighted by Gasteiger charge is 2.06. The summed E-state index contributed by atoms with van der Waals surface area (Å²) in [6.45, 7) is 0.617. The number of benzene rings is 2. The number of thioether (sulfide) groups is 1. The molecule has 0 unspecified atom stereocenters. The lowest BCUT2D eigenvalue weighted by atomic mass is 10.1. The molecule has 0 aliphatic heterocycles. The molecule has 0 heterocycles. The average Bonchev–Trinajstić information content (AvgIpc) is 2.61. The molecule has 2 aromatic rings. The number of methoxy groups -OCH3 is 1. The number of carbonyl (C=O) groups is 1. The van der Waals surface area contributed by atoms with Crippen LogP contribution in [0.4, 0.5) is 4.39 Å². The molecule has 1 amide bonds. The molecule has 0 aromatic heterocycles. The number of hydrogen-bond acceptors (Lipinski definition) is 3. The topological polar surface area (TPSA) is 38.3 Å². The standard InChI is InChI=1S/C19H21ClFNO2S/c1-24-17-6-2-4-14(10-17)5-3-9-22-19(23)13-25-12-15-7-8-16(20)11-18(15)21/h2,4,6-8,10-11H,3,5,9,12-13H2,1H3,(H,22,23). The molecule has 0 saturated carbocycles. The Balaban J connectivity index is 1.62. The number of aryl methyl sites for hydroxylation is 1. The summed E-state index contributed by atoms with van der Waals surface area (Å²) >= 11 is 7.10. The number of hydrogen-bond donors (Lipinski definition) is 1. The molecule has 0 radical (unpaired) electrons. The Bertz CT molecular complexity index is 712. The summed E-state index contributed by atoms with van der Waals surface area (Å²) in [4.78, 5) is 11.8. The summed E-state index contributed by atoms with van der Waals surface area (Å²) in [5.74, 6) is 1.22. The van der Waals surface area contributed by atoms with Crippen molar-refractivity contribution in [1.29, 1.82) is 0 Å². The van der Waals surface area contributed by atoms with Gasteiger partial charge in [-0.25, -0.2) is 4.39 Å². The number of halogens is 2. The van der Waals surface area contributed by atoms with Gasteiger partial charge in [-0.05, 0) is 48.2 Å². The molecule has 0 spiro atoms. The maximum absolute atomic E-state index is 13.6. The van der Waals surface area contributed by atoms with Gasteiger partial charge in [-0.2, -0.15) is 0 Å². The number of nitrogens with one attached hydrogen (secondary N) is 1. The van der Waals surface area contributed by atoms with Crippen LogP contribution in [0.2, 0.25) is 5.02 Å². The lowest BCUT2D eigenvalue weighted by Crippen LogP contribution is -2.26. The van der Waals surface area contributed by atoms with Crippen LogP contribution in [0.25, 0.3) is 0 Å². The molecule has 25 heavy (non-hydrogen) atoms. The lowest BCUT2D eigenvalue weighted by Gasteiger charge is -2.07. The molecule has 2 aromatic carbocycles. The Kier molecular flexibility index (Phi) is 8.09.